The predicted molar refractivity (Wildman–Crippen MR) is 99.8 cm³/mol. The number of aromatic nitrogens is 1. The summed E-state index contributed by atoms with van der Waals surface area (Å²) in [5.41, 5.74) is 1.06. The highest BCUT2D eigenvalue weighted by Gasteiger charge is 2.35. The van der Waals surface area contributed by atoms with Gasteiger partial charge in [0.05, 0.1) is 6.04 Å². The van der Waals surface area contributed by atoms with Gasteiger partial charge < -0.3 is 10.6 Å². The van der Waals surface area contributed by atoms with E-state index in [1.807, 2.05) is 6.92 Å². The molecule has 132 valence electrons. The standard InChI is InChI=1S/C16H25N3OS.2ClH/c1-11-10-21-16(18-11)15(13-3-4-13)19-14(20)5-2-12-6-8-17-9-7-12;;/h10,12-13,15,17H,2-9H2,1H3,(H,19,20);2*1H. The molecule has 1 amide bonds. The average Bonchev–Trinajstić information content (AvgIpc) is 3.25. The normalized spacial score (nSPS) is 19.3. The van der Waals surface area contributed by atoms with Crippen LogP contribution in [0.15, 0.2) is 5.38 Å². The number of nitrogens with zero attached hydrogens (tertiary/aromatic N) is 1. The average molecular weight is 380 g/mol. The highest BCUT2D eigenvalue weighted by Crippen LogP contribution is 2.41. The van der Waals surface area contributed by atoms with E-state index in [0.717, 1.165) is 36.1 Å². The van der Waals surface area contributed by atoms with Gasteiger partial charge in [0.1, 0.15) is 5.01 Å². The summed E-state index contributed by atoms with van der Waals surface area (Å²) in [6, 6.07) is 0.157. The number of nitrogens with one attached hydrogen (secondary N) is 2. The molecule has 4 nitrogen and oxygen atoms in total. The molecular weight excluding hydrogens is 353 g/mol. The van der Waals surface area contributed by atoms with E-state index in [0.29, 0.717) is 12.3 Å². The number of carbonyl (C=O) groups is 1. The molecule has 1 aliphatic carbocycles. The Morgan fingerprint density at radius 1 is 1.35 bits per heavy atom. The number of aryl methyl sites for hydroxylation is 1. The van der Waals surface area contributed by atoms with Crippen molar-refractivity contribution in [1.29, 1.82) is 0 Å². The molecule has 0 bridgehead atoms. The summed E-state index contributed by atoms with van der Waals surface area (Å²) in [5, 5.41) is 9.78. The first-order valence-corrected chi connectivity index (χ1v) is 9.02. The van der Waals surface area contributed by atoms with Gasteiger partial charge in [0, 0.05) is 17.5 Å². The molecule has 3 rings (SSSR count). The number of halogens is 2. The monoisotopic (exact) mass is 379 g/mol. The summed E-state index contributed by atoms with van der Waals surface area (Å²) >= 11 is 1.68. The number of amides is 1. The van der Waals surface area contributed by atoms with Crippen molar-refractivity contribution in [2.75, 3.05) is 13.1 Å². The third-order valence-corrected chi connectivity index (χ3v) is 5.60. The fourth-order valence-corrected chi connectivity index (χ4v) is 4.02. The highest BCUT2D eigenvalue weighted by molar-refractivity contribution is 7.09. The van der Waals surface area contributed by atoms with Gasteiger partial charge in [-0.2, -0.15) is 0 Å². The zero-order valence-electron chi connectivity index (χ0n) is 13.5. The number of piperidine rings is 1. The Morgan fingerprint density at radius 2 is 2.04 bits per heavy atom. The van der Waals surface area contributed by atoms with Gasteiger partial charge in [-0.15, -0.1) is 36.2 Å². The molecule has 1 atom stereocenters. The summed E-state index contributed by atoms with van der Waals surface area (Å²) in [6.07, 6.45) is 6.56. The Bertz CT molecular complexity index is 487. The number of rotatable bonds is 6. The van der Waals surface area contributed by atoms with Crippen molar-refractivity contribution in [3.63, 3.8) is 0 Å². The van der Waals surface area contributed by atoms with Crippen LogP contribution in [0.5, 0.6) is 0 Å². The highest BCUT2D eigenvalue weighted by atomic mass is 35.5. The molecule has 0 radical (unpaired) electrons. The molecule has 1 saturated heterocycles. The van der Waals surface area contributed by atoms with Crippen LogP contribution in [0.4, 0.5) is 0 Å². The molecule has 1 saturated carbocycles. The Balaban J connectivity index is 0.00000132. The lowest BCUT2D eigenvalue weighted by atomic mass is 9.93. The number of thiazole rings is 1. The second-order valence-electron chi connectivity index (χ2n) is 6.44. The molecule has 2 heterocycles. The van der Waals surface area contributed by atoms with Gasteiger partial charge in [-0.05, 0) is 64.0 Å². The lowest BCUT2D eigenvalue weighted by Crippen LogP contribution is -2.31. The molecule has 2 aliphatic rings. The van der Waals surface area contributed by atoms with Crippen LogP contribution in [-0.4, -0.2) is 24.0 Å². The Morgan fingerprint density at radius 3 is 2.61 bits per heavy atom. The topological polar surface area (TPSA) is 54.0 Å². The number of carbonyl (C=O) groups excluding carboxylic acids is 1. The fraction of sp³-hybridized carbons (Fsp3) is 0.750. The van der Waals surface area contributed by atoms with E-state index in [4.69, 9.17) is 0 Å². The van der Waals surface area contributed by atoms with Crippen molar-refractivity contribution < 1.29 is 4.79 Å². The molecule has 2 fully saturated rings. The van der Waals surface area contributed by atoms with Crippen LogP contribution in [0, 0.1) is 18.8 Å². The molecule has 0 spiro atoms. The van der Waals surface area contributed by atoms with E-state index in [2.05, 4.69) is 21.0 Å². The minimum absolute atomic E-state index is 0. The zero-order valence-corrected chi connectivity index (χ0v) is 16.0. The molecule has 2 N–H and O–H groups in total. The van der Waals surface area contributed by atoms with E-state index in [-0.39, 0.29) is 36.8 Å². The largest absolute Gasteiger partial charge is 0.347 e. The maximum atomic E-state index is 12.3. The van der Waals surface area contributed by atoms with Gasteiger partial charge in [0.2, 0.25) is 5.91 Å². The lowest BCUT2D eigenvalue weighted by molar-refractivity contribution is -0.122. The second-order valence-corrected chi connectivity index (χ2v) is 7.33. The van der Waals surface area contributed by atoms with Crippen LogP contribution in [0.1, 0.15) is 55.3 Å². The summed E-state index contributed by atoms with van der Waals surface area (Å²) in [6.45, 7) is 4.23. The first-order chi connectivity index (χ1) is 10.2. The SMILES string of the molecule is Cc1csc(C(NC(=O)CCC2CCNCC2)C2CC2)n1.Cl.Cl. The minimum Gasteiger partial charge on any atom is -0.347 e. The molecule has 1 aromatic rings. The van der Waals surface area contributed by atoms with Gasteiger partial charge in [-0.1, -0.05) is 0 Å². The van der Waals surface area contributed by atoms with Crippen LogP contribution < -0.4 is 10.6 Å². The molecule has 23 heavy (non-hydrogen) atoms. The van der Waals surface area contributed by atoms with Crippen LogP contribution in [-0.2, 0) is 4.79 Å². The van der Waals surface area contributed by atoms with Crippen molar-refractivity contribution >= 4 is 42.1 Å². The van der Waals surface area contributed by atoms with E-state index in [1.165, 1.54) is 25.7 Å². The Hall–Kier alpha value is -0.360. The molecule has 1 aliphatic heterocycles. The third kappa shape index (κ3) is 6.22. The molecular formula is C16H27Cl2N3OS. The maximum Gasteiger partial charge on any atom is 0.220 e. The van der Waals surface area contributed by atoms with Crippen LogP contribution in [0.25, 0.3) is 0 Å². The van der Waals surface area contributed by atoms with Gasteiger partial charge >= 0.3 is 0 Å². The smallest absolute Gasteiger partial charge is 0.220 e. The van der Waals surface area contributed by atoms with E-state index < -0.39 is 0 Å². The van der Waals surface area contributed by atoms with E-state index >= 15 is 0 Å². The zero-order chi connectivity index (χ0) is 14.7. The molecule has 1 aromatic heterocycles. The van der Waals surface area contributed by atoms with Crippen molar-refractivity contribution in [1.82, 2.24) is 15.6 Å². The van der Waals surface area contributed by atoms with Gasteiger partial charge in [-0.3, -0.25) is 4.79 Å². The fourth-order valence-electron chi connectivity index (χ4n) is 3.08. The quantitative estimate of drug-likeness (QED) is 0.792. The van der Waals surface area contributed by atoms with E-state index in [1.54, 1.807) is 11.3 Å². The summed E-state index contributed by atoms with van der Waals surface area (Å²) in [5.74, 6) is 1.54. The van der Waals surface area contributed by atoms with Crippen LogP contribution in [0.2, 0.25) is 0 Å². The number of hydrogen-bond donors (Lipinski definition) is 2. The molecule has 7 heteroatoms. The summed E-state index contributed by atoms with van der Waals surface area (Å²) in [7, 11) is 0. The predicted octanol–water partition coefficient (Wildman–Crippen LogP) is 3.64. The van der Waals surface area contributed by atoms with Crippen molar-refractivity contribution in [3.05, 3.63) is 16.1 Å². The summed E-state index contributed by atoms with van der Waals surface area (Å²) < 4.78 is 0. The van der Waals surface area contributed by atoms with Crippen LogP contribution in [0.3, 0.4) is 0 Å². The van der Waals surface area contributed by atoms with Gasteiger partial charge in [0.15, 0.2) is 0 Å². The molecule has 0 aromatic carbocycles. The Kier molecular flexibility index (Phi) is 8.83. The van der Waals surface area contributed by atoms with Crippen molar-refractivity contribution in [3.8, 4) is 0 Å². The van der Waals surface area contributed by atoms with Gasteiger partial charge in [-0.25, -0.2) is 4.98 Å². The van der Waals surface area contributed by atoms with Crippen molar-refractivity contribution in [2.24, 2.45) is 11.8 Å². The first-order valence-electron chi connectivity index (χ1n) is 8.14. The summed E-state index contributed by atoms with van der Waals surface area (Å²) in [4.78, 5) is 16.8. The van der Waals surface area contributed by atoms with Crippen LogP contribution >= 0.6 is 36.2 Å². The first kappa shape index (κ1) is 20.7. The molecule has 1 unspecified atom stereocenters. The van der Waals surface area contributed by atoms with Crippen molar-refractivity contribution in [2.45, 2.75) is 51.5 Å². The second kappa shape index (κ2) is 9.82. The maximum absolute atomic E-state index is 12.3. The minimum atomic E-state index is 0. The Labute approximate surface area is 155 Å². The lowest BCUT2D eigenvalue weighted by Gasteiger charge is -2.22. The van der Waals surface area contributed by atoms with E-state index in [9.17, 15) is 4.79 Å². The van der Waals surface area contributed by atoms with Gasteiger partial charge in [0.25, 0.3) is 0 Å². The number of hydrogen-bond acceptors (Lipinski definition) is 4. The third-order valence-electron chi connectivity index (χ3n) is 4.55.